The Morgan fingerprint density at radius 1 is 1.11 bits per heavy atom. The number of hydrogen-bond donors (Lipinski definition) is 1. The van der Waals surface area contributed by atoms with Crippen molar-refractivity contribution in [2.75, 3.05) is 6.54 Å². The van der Waals surface area contributed by atoms with Gasteiger partial charge in [0.25, 0.3) is 0 Å². The summed E-state index contributed by atoms with van der Waals surface area (Å²) < 4.78 is 50.7. The molecule has 0 radical (unpaired) electrons. The summed E-state index contributed by atoms with van der Waals surface area (Å²) in [7, 11) is 0. The molecule has 1 rings (SSSR count). The van der Waals surface area contributed by atoms with E-state index in [-0.39, 0.29) is 12.0 Å². The summed E-state index contributed by atoms with van der Waals surface area (Å²) in [6, 6.07) is 2.62. The SMILES string of the molecule is CCC(C)(C)CNCc1cc(F)cc(C(F)(F)F)c1. The van der Waals surface area contributed by atoms with Crippen molar-refractivity contribution in [3.05, 3.63) is 35.1 Å². The van der Waals surface area contributed by atoms with Gasteiger partial charge in [-0.2, -0.15) is 13.2 Å². The van der Waals surface area contributed by atoms with E-state index in [0.29, 0.717) is 18.2 Å². The molecule has 5 heteroatoms. The Morgan fingerprint density at radius 2 is 1.74 bits per heavy atom. The highest BCUT2D eigenvalue weighted by atomic mass is 19.4. The van der Waals surface area contributed by atoms with Crippen LogP contribution < -0.4 is 5.32 Å². The Hall–Kier alpha value is -1.10. The number of alkyl halides is 3. The van der Waals surface area contributed by atoms with E-state index in [1.54, 1.807) is 0 Å². The summed E-state index contributed by atoms with van der Waals surface area (Å²) in [5.41, 5.74) is -0.571. The normalized spacial score (nSPS) is 12.8. The summed E-state index contributed by atoms with van der Waals surface area (Å²) in [6.07, 6.45) is -3.56. The van der Waals surface area contributed by atoms with Crippen LogP contribution in [0.1, 0.15) is 38.3 Å². The zero-order valence-corrected chi connectivity index (χ0v) is 11.4. The van der Waals surface area contributed by atoms with Crippen LogP contribution in [0.25, 0.3) is 0 Å². The summed E-state index contributed by atoms with van der Waals surface area (Å²) >= 11 is 0. The predicted octanol–water partition coefficient (Wildman–Crippen LogP) is 4.37. The average molecular weight is 277 g/mol. The van der Waals surface area contributed by atoms with Crippen LogP contribution in [-0.4, -0.2) is 6.54 Å². The lowest BCUT2D eigenvalue weighted by atomic mass is 9.90. The van der Waals surface area contributed by atoms with Crippen LogP contribution in [0.2, 0.25) is 0 Å². The van der Waals surface area contributed by atoms with Crippen LogP contribution in [0.5, 0.6) is 0 Å². The number of nitrogens with one attached hydrogen (secondary N) is 1. The minimum absolute atomic E-state index is 0.0696. The number of halogens is 4. The van der Waals surface area contributed by atoms with Gasteiger partial charge >= 0.3 is 6.18 Å². The van der Waals surface area contributed by atoms with Crippen LogP contribution in [0, 0.1) is 11.2 Å². The van der Waals surface area contributed by atoms with Crippen molar-refractivity contribution in [1.29, 1.82) is 0 Å². The summed E-state index contributed by atoms with van der Waals surface area (Å²) in [6.45, 7) is 7.07. The first-order chi connectivity index (χ1) is 8.64. The second-order valence-corrected chi connectivity index (χ2v) is 5.47. The molecule has 1 nitrogen and oxygen atoms in total. The van der Waals surface area contributed by atoms with Gasteiger partial charge in [-0.25, -0.2) is 4.39 Å². The Morgan fingerprint density at radius 3 is 2.26 bits per heavy atom. The Balaban J connectivity index is 2.72. The molecule has 0 aliphatic rings. The first-order valence-electron chi connectivity index (χ1n) is 6.21. The van der Waals surface area contributed by atoms with Crippen LogP contribution >= 0.6 is 0 Å². The predicted molar refractivity (Wildman–Crippen MR) is 67.2 cm³/mol. The molecule has 0 aliphatic heterocycles. The molecule has 0 fully saturated rings. The van der Waals surface area contributed by atoms with E-state index in [2.05, 4.69) is 19.2 Å². The average Bonchev–Trinajstić information content (AvgIpc) is 2.27. The van der Waals surface area contributed by atoms with E-state index >= 15 is 0 Å². The van der Waals surface area contributed by atoms with Gasteiger partial charge in [-0.1, -0.05) is 20.8 Å². The van der Waals surface area contributed by atoms with E-state index in [4.69, 9.17) is 0 Å². The zero-order valence-electron chi connectivity index (χ0n) is 11.4. The standard InChI is InChI=1S/C14H19F4N/c1-4-13(2,3)9-19-8-10-5-11(14(16,17)18)7-12(15)6-10/h5-7,19H,4,8-9H2,1-3H3. The minimum atomic E-state index is -4.51. The van der Waals surface area contributed by atoms with E-state index in [0.717, 1.165) is 18.6 Å². The third kappa shape index (κ3) is 5.19. The van der Waals surface area contributed by atoms with Gasteiger partial charge in [-0.3, -0.25) is 0 Å². The topological polar surface area (TPSA) is 12.0 Å². The fraction of sp³-hybridized carbons (Fsp3) is 0.571. The molecule has 1 aromatic carbocycles. The lowest BCUT2D eigenvalue weighted by Gasteiger charge is -2.23. The van der Waals surface area contributed by atoms with Gasteiger partial charge in [0, 0.05) is 13.1 Å². The molecular weight excluding hydrogens is 258 g/mol. The molecule has 0 saturated carbocycles. The molecular formula is C14H19F4N. The van der Waals surface area contributed by atoms with Crippen molar-refractivity contribution in [2.45, 2.75) is 39.9 Å². The van der Waals surface area contributed by atoms with Gasteiger partial charge in [-0.05, 0) is 35.6 Å². The van der Waals surface area contributed by atoms with Gasteiger partial charge < -0.3 is 5.32 Å². The zero-order chi connectivity index (χ0) is 14.7. The minimum Gasteiger partial charge on any atom is -0.312 e. The van der Waals surface area contributed by atoms with Crippen molar-refractivity contribution in [1.82, 2.24) is 5.32 Å². The quantitative estimate of drug-likeness (QED) is 0.788. The second kappa shape index (κ2) is 5.90. The molecule has 0 atom stereocenters. The van der Waals surface area contributed by atoms with Gasteiger partial charge in [0.1, 0.15) is 5.82 Å². The highest BCUT2D eigenvalue weighted by Crippen LogP contribution is 2.30. The molecule has 0 saturated heterocycles. The van der Waals surface area contributed by atoms with Gasteiger partial charge in [0.15, 0.2) is 0 Å². The monoisotopic (exact) mass is 277 g/mol. The van der Waals surface area contributed by atoms with Crippen molar-refractivity contribution < 1.29 is 17.6 Å². The smallest absolute Gasteiger partial charge is 0.312 e. The fourth-order valence-corrected chi connectivity index (χ4v) is 1.59. The van der Waals surface area contributed by atoms with E-state index in [1.165, 1.54) is 0 Å². The van der Waals surface area contributed by atoms with Gasteiger partial charge in [0.05, 0.1) is 5.56 Å². The summed E-state index contributed by atoms with van der Waals surface area (Å²) in [4.78, 5) is 0. The van der Waals surface area contributed by atoms with Crippen molar-refractivity contribution in [2.24, 2.45) is 5.41 Å². The van der Waals surface area contributed by atoms with Crippen LogP contribution in [0.15, 0.2) is 18.2 Å². The molecule has 0 aromatic heterocycles. The molecule has 0 unspecified atom stereocenters. The molecule has 1 aromatic rings. The van der Waals surface area contributed by atoms with Crippen LogP contribution in [0.4, 0.5) is 17.6 Å². The molecule has 108 valence electrons. The molecule has 1 N–H and O–H groups in total. The second-order valence-electron chi connectivity index (χ2n) is 5.47. The summed E-state index contributed by atoms with van der Waals surface area (Å²) in [5, 5.41) is 3.06. The molecule has 0 heterocycles. The lowest BCUT2D eigenvalue weighted by Crippen LogP contribution is -2.28. The Labute approximate surface area is 111 Å². The summed E-state index contributed by atoms with van der Waals surface area (Å²) in [5.74, 6) is -0.860. The first-order valence-corrected chi connectivity index (χ1v) is 6.21. The molecule has 0 bridgehead atoms. The molecule has 19 heavy (non-hydrogen) atoms. The molecule has 0 spiro atoms. The maximum atomic E-state index is 13.2. The molecule has 0 amide bonds. The Kier molecular flexibility index (Phi) is 4.96. The van der Waals surface area contributed by atoms with Crippen molar-refractivity contribution in [3.63, 3.8) is 0 Å². The van der Waals surface area contributed by atoms with Crippen molar-refractivity contribution >= 4 is 0 Å². The van der Waals surface area contributed by atoms with Crippen LogP contribution in [0.3, 0.4) is 0 Å². The van der Waals surface area contributed by atoms with E-state index < -0.39 is 17.6 Å². The maximum Gasteiger partial charge on any atom is 0.416 e. The number of benzene rings is 1. The number of hydrogen-bond acceptors (Lipinski definition) is 1. The Bertz CT molecular complexity index is 424. The highest BCUT2D eigenvalue weighted by molar-refractivity contribution is 5.26. The first kappa shape index (κ1) is 16.0. The van der Waals surface area contributed by atoms with Crippen molar-refractivity contribution in [3.8, 4) is 0 Å². The third-order valence-corrected chi connectivity index (χ3v) is 3.17. The van der Waals surface area contributed by atoms with Gasteiger partial charge in [0.2, 0.25) is 0 Å². The fourth-order valence-electron chi connectivity index (χ4n) is 1.59. The maximum absolute atomic E-state index is 13.2. The molecule has 0 aliphatic carbocycles. The third-order valence-electron chi connectivity index (χ3n) is 3.17. The largest absolute Gasteiger partial charge is 0.416 e. The van der Waals surface area contributed by atoms with Gasteiger partial charge in [-0.15, -0.1) is 0 Å². The number of rotatable bonds is 5. The highest BCUT2D eigenvalue weighted by Gasteiger charge is 2.31. The lowest BCUT2D eigenvalue weighted by molar-refractivity contribution is -0.137. The van der Waals surface area contributed by atoms with Crippen LogP contribution in [-0.2, 0) is 12.7 Å². The van der Waals surface area contributed by atoms with E-state index in [1.807, 2.05) is 6.92 Å². The van der Waals surface area contributed by atoms with E-state index in [9.17, 15) is 17.6 Å².